The number of carbonyl (C=O) groups excluding carboxylic acids is 3. The Morgan fingerprint density at radius 3 is 2.59 bits per heavy atom. The van der Waals surface area contributed by atoms with Crippen LogP contribution in [0.4, 0.5) is 10.5 Å². The number of para-hydroxylation sites is 1. The van der Waals surface area contributed by atoms with Crippen molar-refractivity contribution in [3.63, 3.8) is 0 Å². The fourth-order valence-electron chi connectivity index (χ4n) is 2.89. The molecule has 7 heteroatoms. The van der Waals surface area contributed by atoms with Gasteiger partial charge in [0.25, 0.3) is 0 Å². The van der Waals surface area contributed by atoms with Crippen molar-refractivity contribution in [2.45, 2.75) is 18.9 Å². The molecule has 114 valence electrons. The smallest absolute Gasteiger partial charge is 0.340 e. The highest BCUT2D eigenvalue weighted by Gasteiger charge is 2.48. The Labute approximate surface area is 127 Å². The number of anilines is 1. The maximum atomic E-state index is 12.4. The van der Waals surface area contributed by atoms with Crippen LogP contribution in [0.2, 0.25) is 0 Å². The van der Waals surface area contributed by atoms with E-state index in [1.165, 1.54) is 0 Å². The molecule has 1 saturated carbocycles. The van der Waals surface area contributed by atoms with E-state index in [-0.39, 0.29) is 23.2 Å². The van der Waals surface area contributed by atoms with Crippen LogP contribution >= 0.6 is 0 Å². The molecular formula is C15H16N4O3. The van der Waals surface area contributed by atoms with Gasteiger partial charge in [-0.1, -0.05) is 18.2 Å². The molecule has 2 amide bonds. The minimum Gasteiger partial charge on any atom is -0.350 e. The number of hydrogen-bond acceptors (Lipinski definition) is 5. The SMILES string of the molecule is NC(=O)N(/N=C1\C(=O)C2CCCNC2C1=O)c1ccccc1. The number of nitrogens with one attached hydrogen (secondary N) is 1. The van der Waals surface area contributed by atoms with Gasteiger partial charge in [-0.3, -0.25) is 9.59 Å². The maximum Gasteiger partial charge on any atom is 0.340 e. The van der Waals surface area contributed by atoms with Crippen molar-refractivity contribution in [2.24, 2.45) is 16.8 Å². The summed E-state index contributed by atoms with van der Waals surface area (Å²) in [5, 5.41) is 7.91. The number of amides is 2. The predicted molar refractivity (Wildman–Crippen MR) is 80.5 cm³/mol. The number of carbonyl (C=O) groups is 3. The molecule has 2 atom stereocenters. The number of benzene rings is 1. The summed E-state index contributed by atoms with van der Waals surface area (Å²) in [4.78, 5) is 36.3. The van der Waals surface area contributed by atoms with Gasteiger partial charge in [0.05, 0.1) is 11.7 Å². The molecule has 0 bridgehead atoms. The van der Waals surface area contributed by atoms with Crippen molar-refractivity contribution in [1.82, 2.24) is 5.32 Å². The summed E-state index contributed by atoms with van der Waals surface area (Å²) in [5.41, 5.74) is 5.53. The van der Waals surface area contributed by atoms with Gasteiger partial charge in [-0.25, -0.2) is 4.79 Å². The minimum atomic E-state index is -0.845. The normalized spacial score (nSPS) is 26.1. The Kier molecular flexibility index (Phi) is 3.72. The van der Waals surface area contributed by atoms with Crippen LogP contribution in [0, 0.1) is 5.92 Å². The molecule has 0 aromatic heterocycles. The summed E-state index contributed by atoms with van der Waals surface area (Å²) in [6, 6.07) is 7.09. The molecule has 2 unspecified atom stereocenters. The number of ketones is 2. The number of hydrogen-bond donors (Lipinski definition) is 2. The van der Waals surface area contributed by atoms with Gasteiger partial charge in [-0.05, 0) is 31.5 Å². The number of nitrogens with two attached hydrogens (primary N) is 1. The molecule has 22 heavy (non-hydrogen) atoms. The monoisotopic (exact) mass is 300 g/mol. The number of nitrogens with zero attached hydrogens (tertiary/aromatic N) is 2. The summed E-state index contributed by atoms with van der Waals surface area (Å²) in [6.07, 6.45) is 1.49. The van der Waals surface area contributed by atoms with Gasteiger partial charge in [-0.2, -0.15) is 10.1 Å². The summed E-state index contributed by atoms with van der Waals surface area (Å²) in [5.74, 6) is -1.06. The first-order chi connectivity index (χ1) is 10.6. The zero-order valence-corrected chi connectivity index (χ0v) is 11.9. The lowest BCUT2D eigenvalue weighted by molar-refractivity contribution is -0.118. The average Bonchev–Trinajstić information content (AvgIpc) is 2.78. The number of fused-ring (bicyclic) bond motifs is 1. The summed E-state index contributed by atoms with van der Waals surface area (Å²) in [7, 11) is 0. The van der Waals surface area contributed by atoms with Crippen LogP contribution in [-0.2, 0) is 9.59 Å². The molecule has 3 N–H and O–H groups in total. The van der Waals surface area contributed by atoms with Crippen LogP contribution in [0.3, 0.4) is 0 Å². The van der Waals surface area contributed by atoms with Gasteiger partial charge in [-0.15, -0.1) is 0 Å². The number of urea groups is 1. The maximum absolute atomic E-state index is 12.4. The first kappa shape index (κ1) is 14.4. The van der Waals surface area contributed by atoms with E-state index in [1.807, 2.05) is 0 Å². The molecule has 1 aliphatic heterocycles. The molecule has 0 radical (unpaired) electrons. The second-order valence-electron chi connectivity index (χ2n) is 5.34. The molecule has 7 nitrogen and oxygen atoms in total. The molecule has 3 rings (SSSR count). The molecule has 1 aliphatic carbocycles. The Hall–Kier alpha value is -2.54. The fraction of sp³-hybridized carbons (Fsp3) is 0.333. The Morgan fingerprint density at radius 2 is 1.95 bits per heavy atom. The highest BCUT2D eigenvalue weighted by molar-refractivity contribution is 6.71. The van der Waals surface area contributed by atoms with E-state index < -0.39 is 12.1 Å². The lowest BCUT2D eigenvalue weighted by atomic mass is 9.93. The van der Waals surface area contributed by atoms with E-state index in [4.69, 9.17) is 5.73 Å². The van der Waals surface area contributed by atoms with Crippen molar-refractivity contribution in [3.8, 4) is 0 Å². The van der Waals surface area contributed by atoms with Crippen molar-refractivity contribution < 1.29 is 14.4 Å². The van der Waals surface area contributed by atoms with Crippen LogP contribution in [-0.4, -0.2) is 35.9 Å². The third kappa shape index (κ3) is 2.39. The number of rotatable bonds is 2. The second kappa shape index (κ2) is 5.69. The van der Waals surface area contributed by atoms with E-state index >= 15 is 0 Å². The standard InChI is InChI=1S/C15H16N4O3/c16-15(22)19(9-5-2-1-3-6-9)18-12-13(20)10-7-4-8-17-11(10)14(12)21/h1-3,5-6,10-11,17H,4,7-8H2,(H2,16,22)/b18-12+. The second-order valence-corrected chi connectivity index (χ2v) is 5.34. The molecule has 0 spiro atoms. The van der Waals surface area contributed by atoms with E-state index in [9.17, 15) is 14.4 Å². The van der Waals surface area contributed by atoms with Gasteiger partial charge in [0.2, 0.25) is 5.78 Å². The zero-order chi connectivity index (χ0) is 15.7. The topological polar surface area (TPSA) is 105 Å². The van der Waals surface area contributed by atoms with Crippen LogP contribution in [0.5, 0.6) is 0 Å². The highest BCUT2D eigenvalue weighted by Crippen LogP contribution is 2.26. The van der Waals surface area contributed by atoms with Crippen molar-refractivity contribution in [2.75, 3.05) is 11.6 Å². The third-order valence-corrected chi connectivity index (χ3v) is 3.95. The van der Waals surface area contributed by atoms with Crippen LogP contribution < -0.4 is 16.1 Å². The van der Waals surface area contributed by atoms with Crippen molar-refractivity contribution in [3.05, 3.63) is 30.3 Å². The van der Waals surface area contributed by atoms with E-state index in [1.54, 1.807) is 30.3 Å². The summed E-state index contributed by atoms with van der Waals surface area (Å²) < 4.78 is 0. The molecule has 1 aromatic rings. The van der Waals surface area contributed by atoms with Crippen LogP contribution in [0.25, 0.3) is 0 Å². The molecule has 1 aromatic carbocycles. The van der Waals surface area contributed by atoms with Gasteiger partial charge in [0, 0.05) is 5.92 Å². The van der Waals surface area contributed by atoms with E-state index in [0.29, 0.717) is 18.7 Å². The summed E-state index contributed by atoms with van der Waals surface area (Å²) in [6.45, 7) is 0.700. The van der Waals surface area contributed by atoms with Crippen molar-refractivity contribution >= 4 is 29.0 Å². The lowest BCUT2D eigenvalue weighted by Gasteiger charge is -2.22. The van der Waals surface area contributed by atoms with E-state index in [2.05, 4.69) is 10.4 Å². The Balaban J connectivity index is 1.97. The molecule has 2 fully saturated rings. The highest BCUT2D eigenvalue weighted by atomic mass is 16.2. The molecule has 1 saturated heterocycles. The third-order valence-electron chi connectivity index (χ3n) is 3.95. The van der Waals surface area contributed by atoms with Crippen LogP contribution in [0.1, 0.15) is 12.8 Å². The quantitative estimate of drug-likeness (QED) is 0.773. The van der Waals surface area contributed by atoms with E-state index in [0.717, 1.165) is 11.4 Å². The predicted octanol–water partition coefficient (Wildman–Crippen LogP) is 0.448. The number of Topliss-reactive ketones (excluding diaryl/α,β-unsaturated/α-hetero) is 2. The first-order valence-electron chi connectivity index (χ1n) is 7.14. The Morgan fingerprint density at radius 1 is 1.23 bits per heavy atom. The van der Waals surface area contributed by atoms with Gasteiger partial charge >= 0.3 is 6.03 Å². The molecular weight excluding hydrogens is 284 g/mol. The number of hydrazone groups is 1. The number of piperidine rings is 1. The number of primary amides is 1. The van der Waals surface area contributed by atoms with Gasteiger partial charge in [0.15, 0.2) is 11.5 Å². The fourth-order valence-corrected chi connectivity index (χ4v) is 2.89. The summed E-state index contributed by atoms with van der Waals surface area (Å²) >= 11 is 0. The first-order valence-corrected chi connectivity index (χ1v) is 7.14. The zero-order valence-electron chi connectivity index (χ0n) is 11.9. The van der Waals surface area contributed by atoms with Gasteiger partial charge in [0.1, 0.15) is 0 Å². The average molecular weight is 300 g/mol. The largest absolute Gasteiger partial charge is 0.350 e. The molecule has 1 heterocycles. The lowest BCUT2D eigenvalue weighted by Crippen LogP contribution is -2.43. The molecule has 2 aliphatic rings. The van der Waals surface area contributed by atoms with Gasteiger partial charge < -0.3 is 11.1 Å². The van der Waals surface area contributed by atoms with Crippen molar-refractivity contribution in [1.29, 1.82) is 0 Å². The van der Waals surface area contributed by atoms with Crippen LogP contribution in [0.15, 0.2) is 35.4 Å². The Bertz CT molecular complexity index is 630. The minimum absolute atomic E-state index is 0.202.